The second-order valence-corrected chi connectivity index (χ2v) is 2.24. The van der Waals surface area contributed by atoms with Crippen LogP contribution in [0.25, 0.3) is 0 Å². The summed E-state index contributed by atoms with van der Waals surface area (Å²) in [5.41, 5.74) is -1.93. The minimum Gasteiger partial charge on any atom is -0.391 e. The Morgan fingerprint density at radius 2 is 2.00 bits per heavy atom. The van der Waals surface area contributed by atoms with E-state index in [2.05, 4.69) is 4.98 Å². The highest BCUT2D eigenvalue weighted by Gasteiger charge is 2.20. The number of hydrogen-bond acceptors (Lipinski definition) is 2. The molecule has 1 aromatic rings. The summed E-state index contributed by atoms with van der Waals surface area (Å²) in [5.74, 6) is -2.62. The van der Waals surface area contributed by atoms with E-state index in [9.17, 15) is 17.6 Å². The average molecular weight is 195 g/mol. The predicted octanol–water partition coefficient (Wildman–Crippen LogP) is 1.79. The van der Waals surface area contributed by atoms with E-state index in [-0.39, 0.29) is 0 Å². The van der Waals surface area contributed by atoms with Gasteiger partial charge in [-0.3, -0.25) is 0 Å². The van der Waals surface area contributed by atoms with Gasteiger partial charge in [-0.25, -0.2) is 22.5 Å². The number of pyridine rings is 1. The Kier molecular flexibility index (Phi) is 2.82. The van der Waals surface area contributed by atoms with Gasteiger partial charge in [0.25, 0.3) is 6.43 Å². The van der Waals surface area contributed by atoms with E-state index in [1.165, 1.54) is 0 Å². The third-order valence-electron chi connectivity index (χ3n) is 1.46. The molecule has 72 valence electrons. The van der Waals surface area contributed by atoms with Gasteiger partial charge in [0, 0.05) is 0 Å². The van der Waals surface area contributed by atoms with Crippen molar-refractivity contribution in [2.45, 2.75) is 13.0 Å². The van der Waals surface area contributed by atoms with E-state index in [1.807, 2.05) is 0 Å². The van der Waals surface area contributed by atoms with Crippen LogP contribution in [0, 0.1) is 11.6 Å². The number of nitrogens with zero attached hydrogens (tertiary/aromatic N) is 1. The molecule has 2 nitrogen and oxygen atoms in total. The second kappa shape index (κ2) is 3.69. The van der Waals surface area contributed by atoms with Gasteiger partial charge in [0.05, 0.1) is 18.4 Å². The molecule has 0 radical (unpaired) electrons. The zero-order valence-electron chi connectivity index (χ0n) is 6.27. The summed E-state index contributed by atoms with van der Waals surface area (Å²) in [6, 6.07) is 0. The van der Waals surface area contributed by atoms with Gasteiger partial charge in [-0.15, -0.1) is 0 Å². The summed E-state index contributed by atoms with van der Waals surface area (Å²) in [5, 5.41) is 8.45. The lowest BCUT2D eigenvalue weighted by Crippen LogP contribution is -2.04. The largest absolute Gasteiger partial charge is 0.391 e. The number of rotatable bonds is 2. The van der Waals surface area contributed by atoms with Crippen molar-refractivity contribution >= 4 is 0 Å². The van der Waals surface area contributed by atoms with Crippen molar-refractivity contribution in [3.05, 3.63) is 29.1 Å². The summed E-state index contributed by atoms with van der Waals surface area (Å²) in [7, 11) is 0. The molecule has 0 aliphatic rings. The molecule has 0 aliphatic carbocycles. The van der Waals surface area contributed by atoms with E-state index in [1.54, 1.807) is 0 Å². The molecule has 6 heteroatoms. The normalized spacial score (nSPS) is 10.9. The third-order valence-corrected chi connectivity index (χ3v) is 1.46. The number of aliphatic hydroxyl groups excluding tert-OH is 1. The summed E-state index contributed by atoms with van der Waals surface area (Å²) < 4.78 is 49.4. The Morgan fingerprint density at radius 3 is 2.46 bits per heavy atom. The van der Waals surface area contributed by atoms with Crippen molar-refractivity contribution in [2.24, 2.45) is 0 Å². The van der Waals surface area contributed by atoms with Crippen LogP contribution in [0.4, 0.5) is 17.6 Å². The lowest BCUT2D eigenvalue weighted by molar-refractivity contribution is 0.139. The fraction of sp³-hybridized carbons (Fsp3) is 0.286. The minimum atomic E-state index is -3.12. The van der Waals surface area contributed by atoms with Crippen molar-refractivity contribution in [3.63, 3.8) is 0 Å². The molecule has 0 unspecified atom stereocenters. The van der Waals surface area contributed by atoms with Gasteiger partial charge in [0.1, 0.15) is 11.5 Å². The van der Waals surface area contributed by atoms with Crippen LogP contribution in [0.2, 0.25) is 0 Å². The monoisotopic (exact) mass is 195 g/mol. The Hall–Kier alpha value is -1.17. The van der Waals surface area contributed by atoms with Gasteiger partial charge >= 0.3 is 0 Å². The van der Waals surface area contributed by atoms with E-state index < -0.39 is 35.9 Å². The third kappa shape index (κ3) is 1.77. The molecule has 1 heterocycles. The molecular weight excluding hydrogens is 190 g/mol. The summed E-state index contributed by atoms with van der Waals surface area (Å²) in [6.45, 7) is -0.972. The molecule has 0 bridgehead atoms. The van der Waals surface area contributed by atoms with Crippen molar-refractivity contribution in [2.75, 3.05) is 0 Å². The minimum absolute atomic E-state index is 0.454. The Morgan fingerprint density at radius 1 is 1.38 bits per heavy atom. The molecule has 1 aromatic heterocycles. The van der Waals surface area contributed by atoms with Crippen molar-refractivity contribution in [1.29, 1.82) is 0 Å². The fourth-order valence-corrected chi connectivity index (χ4v) is 0.817. The highest BCUT2D eigenvalue weighted by molar-refractivity contribution is 5.21. The Labute approximate surface area is 70.8 Å². The SMILES string of the molecule is OCc1c(F)cnc(C(F)F)c1F. The zero-order valence-corrected chi connectivity index (χ0v) is 6.27. The van der Waals surface area contributed by atoms with Crippen molar-refractivity contribution in [3.8, 4) is 0 Å². The van der Waals surface area contributed by atoms with Gasteiger partial charge in [-0.1, -0.05) is 0 Å². The topological polar surface area (TPSA) is 33.1 Å². The van der Waals surface area contributed by atoms with Gasteiger partial charge in [-0.2, -0.15) is 0 Å². The Balaban J connectivity index is 3.27. The van der Waals surface area contributed by atoms with Crippen LogP contribution in [0.3, 0.4) is 0 Å². The van der Waals surface area contributed by atoms with Crippen molar-refractivity contribution < 1.29 is 22.7 Å². The molecule has 0 fully saturated rings. The first kappa shape index (κ1) is 9.91. The Bertz CT molecular complexity index is 316. The summed E-state index contributed by atoms with van der Waals surface area (Å²) in [6.07, 6.45) is -2.67. The van der Waals surface area contributed by atoms with E-state index >= 15 is 0 Å². The molecular formula is C7H5F4NO. The van der Waals surface area contributed by atoms with Gasteiger partial charge < -0.3 is 5.11 Å². The number of hydrogen-bond donors (Lipinski definition) is 1. The first-order valence-electron chi connectivity index (χ1n) is 3.29. The molecule has 0 saturated carbocycles. The van der Waals surface area contributed by atoms with Gasteiger partial charge in [-0.05, 0) is 0 Å². The molecule has 13 heavy (non-hydrogen) atoms. The van der Waals surface area contributed by atoms with Crippen molar-refractivity contribution in [1.82, 2.24) is 4.98 Å². The van der Waals surface area contributed by atoms with E-state index in [0.717, 1.165) is 0 Å². The van der Waals surface area contributed by atoms with Crippen LogP contribution in [0.15, 0.2) is 6.20 Å². The zero-order chi connectivity index (χ0) is 10.0. The second-order valence-electron chi connectivity index (χ2n) is 2.24. The van der Waals surface area contributed by atoms with Gasteiger partial charge in [0.2, 0.25) is 0 Å². The highest BCUT2D eigenvalue weighted by Crippen LogP contribution is 2.23. The smallest absolute Gasteiger partial charge is 0.283 e. The maximum Gasteiger partial charge on any atom is 0.283 e. The quantitative estimate of drug-likeness (QED) is 0.729. The first-order valence-corrected chi connectivity index (χ1v) is 3.29. The van der Waals surface area contributed by atoms with Crippen LogP contribution in [0.5, 0.6) is 0 Å². The maximum absolute atomic E-state index is 12.8. The van der Waals surface area contributed by atoms with Gasteiger partial charge in [0.15, 0.2) is 5.82 Å². The molecule has 0 amide bonds. The first-order chi connectivity index (χ1) is 6.07. The molecule has 0 spiro atoms. The molecule has 0 atom stereocenters. The van der Waals surface area contributed by atoms with Crippen LogP contribution in [0.1, 0.15) is 17.7 Å². The number of halogens is 4. The van der Waals surface area contributed by atoms with Crippen LogP contribution < -0.4 is 0 Å². The lowest BCUT2D eigenvalue weighted by atomic mass is 10.2. The van der Waals surface area contributed by atoms with Crippen LogP contribution in [-0.4, -0.2) is 10.1 Å². The molecule has 0 aliphatic heterocycles. The molecule has 0 saturated heterocycles. The molecule has 1 N–H and O–H groups in total. The highest BCUT2D eigenvalue weighted by atomic mass is 19.3. The summed E-state index contributed by atoms with van der Waals surface area (Å²) in [4.78, 5) is 2.87. The number of aliphatic hydroxyl groups is 1. The predicted molar refractivity (Wildman–Crippen MR) is 35.0 cm³/mol. The lowest BCUT2D eigenvalue weighted by Gasteiger charge is -2.05. The summed E-state index contributed by atoms with van der Waals surface area (Å²) >= 11 is 0. The number of alkyl halides is 2. The van der Waals surface area contributed by atoms with Crippen LogP contribution in [-0.2, 0) is 6.61 Å². The molecule has 0 aromatic carbocycles. The standard InChI is InChI=1S/C7H5F4NO/c8-4-1-12-6(7(10)11)5(9)3(4)2-13/h1,7,13H,2H2. The molecule has 1 rings (SSSR count). The van der Waals surface area contributed by atoms with E-state index in [4.69, 9.17) is 5.11 Å². The average Bonchev–Trinajstić information content (AvgIpc) is 2.04. The van der Waals surface area contributed by atoms with E-state index in [0.29, 0.717) is 6.20 Å². The van der Waals surface area contributed by atoms with Crippen LogP contribution >= 0.6 is 0 Å². The number of aromatic nitrogens is 1. The fourth-order valence-electron chi connectivity index (χ4n) is 0.817. The maximum atomic E-state index is 12.8.